The number of imide groups is 1. The summed E-state index contributed by atoms with van der Waals surface area (Å²) in [5.74, 6) is -0.0698. The number of halogens is 2. The van der Waals surface area contributed by atoms with Crippen LogP contribution in [0.4, 0.5) is 4.79 Å². The van der Waals surface area contributed by atoms with Gasteiger partial charge < -0.3 is 4.74 Å². The monoisotopic (exact) mass is 365 g/mol. The van der Waals surface area contributed by atoms with Crippen molar-refractivity contribution in [3.63, 3.8) is 0 Å². The van der Waals surface area contributed by atoms with Gasteiger partial charge in [-0.3, -0.25) is 10.1 Å². The van der Waals surface area contributed by atoms with Gasteiger partial charge >= 0.3 is 6.09 Å². The number of benzene rings is 2. The van der Waals surface area contributed by atoms with Gasteiger partial charge in [0.2, 0.25) is 0 Å². The molecule has 2 rings (SSSR count). The normalized spacial score (nSPS) is 10.6. The highest BCUT2D eigenvalue weighted by Crippen LogP contribution is 2.32. The number of carbonyl (C=O) groups is 2. The molecule has 0 heterocycles. The van der Waals surface area contributed by atoms with Crippen LogP contribution in [-0.2, 0) is 0 Å². The minimum atomic E-state index is -0.849. The number of aryl methyl sites for hydroxylation is 1. The summed E-state index contributed by atoms with van der Waals surface area (Å²) in [6, 6.07) is 9.64. The van der Waals surface area contributed by atoms with Crippen LogP contribution in [0.2, 0.25) is 10.0 Å². The Morgan fingerprint density at radius 2 is 1.71 bits per heavy atom. The highest BCUT2D eigenvalue weighted by molar-refractivity contribution is 6.31. The van der Waals surface area contributed by atoms with E-state index in [0.717, 1.165) is 11.1 Å². The van der Waals surface area contributed by atoms with Gasteiger partial charge in [0.25, 0.3) is 5.91 Å². The third kappa shape index (κ3) is 4.49. The number of hydrogen-bond acceptors (Lipinski definition) is 3. The molecule has 2 aromatic carbocycles. The van der Waals surface area contributed by atoms with Gasteiger partial charge in [-0.1, -0.05) is 37.0 Å². The number of nitrogens with one attached hydrogen (secondary N) is 1. The molecular weight excluding hydrogens is 349 g/mol. The summed E-state index contributed by atoms with van der Waals surface area (Å²) >= 11 is 11.9. The minimum absolute atomic E-state index is 0.109. The van der Waals surface area contributed by atoms with E-state index in [-0.39, 0.29) is 5.92 Å². The van der Waals surface area contributed by atoms with Gasteiger partial charge in [0, 0.05) is 15.6 Å². The van der Waals surface area contributed by atoms with Crippen LogP contribution in [0.15, 0.2) is 36.4 Å². The fourth-order valence-corrected chi connectivity index (χ4v) is 2.40. The molecule has 2 amide bonds. The van der Waals surface area contributed by atoms with Crippen molar-refractivity contribution in [2.45, 2.75) is 26.7 Å². The van der Waals surface area contributed by atoms with Crippen molar-refractivity contribution in [2.75, 3.05) is 0 Å². The molecule has 0 aliphatic carbocycles. The number of carbonyl (C=O) groups excluding carboxylic acids is 2. The second-order valence-electron chi connectivity index (χ2n) is 5.64. The molecule has 2 aromatic rings. The first kappa shape index (κ1) is 18.3. The standard InChI is InChI=1S/C18H17Cl2NO3/c1-10(2)14-9-15(20)11(3)8-16(14)24-18(23)21-17(22)12-4-6-13(19)7-5-12/h4-10H,1-3H3,(H,21,22,23). The third-order valence-electron chi connectivity index (χ3n) is 3.44. The van der Waals surface area contributed by atoms with E-state index in [1.807, 2.05) is 20.8 Å². The molecule has 0 aliphatic rings. The van der Waals surface area contributed by atoms with Crippen molar-refractivity contribution in [2.24, 2.45) is 0 Å². The molecule has 6 heteroatoms. The Balaban J connectivity index is 2.13. The largest absolute Gasteiger partial charge is 0.419 e. The van der Waals surface area contributed by atoms with Crippen molar-refractivity contribution in [3.05, 3.63) is 63.1 Å². The predicted octanol–water partition coefficient (Wildman–Crippen LogP) is 5.35. The van der Waals surface area contributed by atoms with Crippen LogP contribution in [0.3, 0.4) is 0 Å². The van der Waals surface area contributed by atoms with Crippen LogP contribution >= 0.6 is 23.2 Å². The van der Waals surface area contributed by atoms with Crippen molar-refractivity contribution < 1.29 is 14.3 Å². The van der Waals surface area contributed by atoms with E-state index in [2.05, 4.69) is 5.32 Å². The maximum absolute atomic E-state index is 12.0. The first-order chi connectivity index (χ1) is 11.3. The van der Waals surface area contributed by atoms with Crippen LogP contribution in [-0.4, -0.2) is 12.0 Å². The Hall–Kier alpha value is -2.04. The van der Waals surface area contributed by atoms with E-state index < -0.39 is 12.0 Å². The molecule has 0 bridgehead atoms. The molecule has 126 valence electrons. The van der Waals surface area contributed by atoms with Crippen LogP contribution in [0.25, 0.3) is 0 Å². The first-order valence-electron chi connectivity index (χ1n) is 7.36. The molecule has 24 heavy (non-hydrogen) atoms. The zero-order valence-corrected chi connectivity index (χ0v) is 15.0. The Morgan fingerprint density at radius 3 is 2.29 bits per heavy atom. The second-order valence-corrected chi connectivity index (χ2v) is 6.49. The maximum atomic E-state index is 12.0. The van der Waals surface area contributed by atoms with Crippen molar-refractivity contribution in [3.8, 4) is 5.75 Å². The Kier molecular flexibility index (Phi) is 5.86. The summed E-state index contributed by atoms with van der Waals surface area (Å²) in [6.45, 7) is 5.74. The lowest BCUT2D eigenvalue weighted by Crippen LogP contribution is -2.33. The van der Waals surface area contributed by atoms with Crippen LogP contribution < -0.4 is 10.1 Å². The smallest absolute Gasteiger partial charge is 0.410 e. The highest BCUT2D eigenvalue weighted by atomic mass is 35.5. The zero-order valence-electron chi connectivity index (χ0n) is 13.5. The van der Waals surface area contributed by atoms with Crippen LogP contribution in [0.1, 0.15) is 41.3 Å². The summed E-state index contributed by atoms with van der Waals surface area (Å²) < 4.78 is 5.30. The van der Waals surface area contributed by atoms with E-state index in [0.29, 0.717) is 21.4 Å². The molecule has 0 atom stereocenters. The predicted molar refractivity (Wildman–Crippen MR) is 95.2 cm³/mol. The summed E-state index contributed by atoms with van der Waals surface area (Å²) in [4.78, 5) is 24.0. The van der Waals surface area contributed by atoms with E-state index >= 15 is 0 Å². The van der Waals surface area contributed by atoms with E-state index in [1.54, 1.807) is 24.3 Å². The molecule has 0 saturated heterocycles. The molecule has 0 radical (unpaired) electrons. The number of rotatable bonds is 3. The van der Waals surface area contributed by atoms with E-state index in [9.17, 15) is 9.59 Å². The quantitative estimate of drug-likeness (QED) is 0.796. The van der Waals surface area contributed by atoms with Crippen LogP contribution in [0, 0.1) is 6.92 Å². The fraction of sp³-hybridized carbons (Fsp3) is 0.222. The van der Waals surface area contributed by atoms with Gasteiger partial charge in [-0.15, -0.1) is 0 Å². The molecule has 0 fully saturated rings. The molecule has 0 saturated carbocycles. The third-order valence-corrected chi connectivity index (χ3v) is 4.10. The summed E-state index contributed by atoms with van der Waals surface area (Å²) in [5.41, 5.74) is 1.89. The number of hydrogen-bond donors (Lipinski definition) is 1. The van der Waals surface area contributed by atoms with E-state index in [1.165, 1.54) is 12.1 Å². The molecule has 0 unspecified atom stereocenters. The molecule has 1 N–H and O–H groups in total. The van der Waals surface area contributed by atoms with Gasteiger partial charge in [0.1, 0.15) is 5.75 Å². The molecular formula is C18H17Cl2NO3. The lowest BCUT2D eigenvalue weighted by molar-refractivity contribution is 0.0950. The Bertz CT molecular complexity index is 771. The first-order valence-corrected chi connectivity index (χ1v) is 8.12. The lowest BCUT2D eigenvalue weighted by Gasteiger charge is -2.15. The Morgan fingerprint density at radius 1 is 1.08 bits per heavy atom. The molecule has 0 aliphatic heterocycles. The lowest BCUT2D eigenvalue weighted by atomic mass is 10.0. The van der Waals surface area contributed by atoms with Crippen molar-refractivity contribution in [1.82, 2.24) is 5.32 Å². The summed E-state index contributed by atoms with van der Waals surface area (Å²) in [6.07, 6.45) is -0.849. The summed E-state index contributed by atoms with van der Waals surface area (Å²) in [5, 5.41) is 3.30. The zero-order chi connectivity index (χ0) is 17.9. The molecule has 4 nitrogen and oxygen atoms in total. The van der Waals surface area contributed by atoms with Gasteiger partial charge in [-0.2, -0.15) is 0 Å². The average molecular weight is 366 g/mol. The SMILES string of the molecule is Cc1cc(OC(=O)NC(=O)c2ccc(Cl)cc2)c(C(C)C)cc1Cl. The highest BCUT2D eigenvalue weighted by Gasteiger charge is 2.16. The minimum Gasteiger partial charge on any atom is -0.410 e. The van der Waals surface area contributed by atoms with Crippen molar-refractivity contribution in [1.29, 1.82) is 0 Å². The van der Waals surface area contributed by atoms with Gasteiger partial charge in [-0.25, -0.2) is 4.79 Å². The summed E-state index contributed by atoms with van der Waals surface area (Å²) in [7, 11) is 0. The topological polar surface area (TPSA) is 55.4 Å². The number of ether oxygens (including phenoxy) is 1. The van der Waals surface area contributed by atoms with Gasteiger partial charge in [0.05, 0.1) is 0 Å². The average Bonchev–Trinajstić information content (AvgIpc) is 2.50. The van der Waals surface area contributed by atoms with Gasteiger partial charge in [-0.05, 0) is 60.4 Å². The Labute approximate surface area is 150 Å². The molecule has 0 aromatic heterocycles. The fourth-order valence-electron chi connectivity index (χ4n) is 2.10. The maximum Gasteiger partial charge on any atom is 0.419 e. The van der Waals surface area contributed by atoms with Gasteiger partial charge in [0.15, 0.2) is 0 Å². The van der Waals surface area contributed by atoms with E-state index in [4.69, 9.17) is 27.9 Å². The van der Waals surface area contributed by atoms with Crippen molar-refractivity contribution >= 4 is 35.2 Å². The number of amides is 2. The van der Waals surface area contributed by atoms with Crippen LogP contribution in [0.5, 0.6) is 5.75 Å². The second kappa shape index (κ2) is 7.69. The molecule has 0 spiro atoms.